The zero-order chi connectivity index (χ0) is 37.7. The quantitative estimate of drug-likeness (QED) is 0.0223. The predicted molar refractivity (Wildman–Crippen MR) is 215 cm³/mol. The van der Waals surface area contributed by atoms with Crippen LogP contribution in [0.3, 0.4) is 0 Å². The van der Waals surface area contributed by atoms with E-state index >= 15 is 0 Å². The number of phosphoric acid groups is 1. The van der Waals surface area contributed by atoms with E-state index < -0.39 is 13.9 Å². The molecule has 0 radical (unpaired) electrons. The first-order valence-corrected chi connectivity index (χ1v) is 21.9. The minimum Gasteiger partial charge on any atom is -0.457 e. The van der Waals surface area contributed by atoms with Gasteiger partial charge in [0.15, 0.2) is 0 Å². The molecule has 9 heteroatoms. The molecule has 0 amide bonds. The molecule has 0 saturated carbocycles. The summed E-state index contributed by atoms with van der Waals surface area (Å²) in [6, 6.07) is 0. The summed E-state index contributed by atoms with van der Waals surface area (Å²) >= 11 is 0. The molecular formula is C42H79NO7P+. The first-order valence-electron chi connectivity index (χ1n) is 20.4. The first kappa shape index (κ1) is 49.5. The van der Waals surface area contributed by atoms with Gasteiger partial charge in [0, 0.05) is 13.0 Å². The summed E-state index contributed by atoms with van der Waals surface area (Å²) in [5.41, 5.74) is 0. The molecule has 2 unspecified atom stereocenters. The highest BCUT2D eigenvalue weighted by Crippen LogP contribution is 2.43. The summed E-state index contributed by atoms with van der Waals surface area (Å²) in [5.74, 6) is -0.346. The number of nitrogens with zero attached hydrogens (tertiary/aromatic N) is 1. The smallest absolute Gasteiger partial charge is 0.457 e. The van der Waals surface area contributed by atoms with Gasteiger partial charge in [-0.25, -0.2) is 4.57 Å². The number of carbonyl (C=O) groups is 1. The van der Waals surface area contributed by atoms with E-state index in [1.165, 1.54) is 77.0 Å². The maximum atomic E-state index is 12.6. The van der Waals surface area contributed by atoms with Gasteiger partial charge >= 0.3 is 13.8 Å². The molecule has 51 heavy (non-hydrogen) atoms. The second-order valence-corrected chi connectivity index (χ2v) is 16.1. The number of rotatable bonds is 37. The molecule has 0 aliphatic rings. The average molecular weight is 741 g/mol. The molecule has 0 aromatic rings. The fourth-order valence-corrected chi connectivity index (χ4v) is 5.95. The highest BCUT2D eigenvalue weighted by atomic mass is 31.2. The van der Waals surface area contributed by atoms with E-state index in [2.05, 4.69) is 62.5 Å². The lowest BCUT2D eigenvalue weighted by molar-refractivity contribution is -0.870. The Kier molecular flexibility index (Phi) is 34.4. The van der Waals surface area contributed by atoms with Crippen LogP contribution >= 0.6 is 7.82 Å². The van der Waals surface area contributed by atoms with Crippen molar-refractivity contribution in [1.29, 1.82) is 0 Å². The molecule has 0 spiro atoms. The van der Waals surface area contributed by atoms with Gasteiger partial charge in [-0.05, 0) is 70.6 Å². The van der Waals surface area contributed by atoms with Gasteiger partial charge in [0.1, 0.15) is 19.3 Å². The molecule has 8 nitrogen and oxygen atoms in total. The average Bonchev–Trinajstić information content (AvgIpc) is 3.08. The maximum absolute atomic E-state index is 12.6. The highest BCUT2D eigenvalue weighted by molar-refractivity contribution is 7.47. The van der Waals surface area contributed by atoms with Crippen LogP contribution in [-0.4, -0.2) is 75.6 Å². The molecule has 0 saturated heterocycles. The third kappa shape index (κ3) is 39.5. The molecule has 1 N–H and O–H groups in total. The Bertz CT molecular complexity index is 957. The maximum Gasteiger partial charge on any atom is 0.472 e. The molecule has 0 aliphatic carbocycles. The molecule has 0 aliphatic heterocycles. The van der Waals surface area contributed by atoms with E-state index in [0.717, 1.165) is 57.8 Å². The van der Waals surface area contributed by atoms with Gasteiger partial charge in [-0.1, -0.05) is 127 Å². The monoisotopic (exact) mass is 741 g/mol. The molecule has 0 aromatic heterocycles. The number of unbranched alkanes of at least 4 members (excludes halogenated alkanes) is 15. The molecule has 0 bridgehead atoms. The summed E-state index contributed by atoms with van der Waals surface area (Å²) < 4.78 is 34.9. The van der Waals surface area contributed by atoms with Crippen molar-refractivity contribution in [1.82, 2.24) is 0 Å². The number of hydrogen-bond acceptors (Lipinski definition) is 6. The van der Waals surface area contributed by atoms with Gasteiger partial charge in [0.2, 0.25) is 0 Å². The number of hydrogen-bond donors (Lipinski definition) is 1. The summed E-state index contributed by atoms with van der Waals surface area (Å²) in [6.45, 7) is 5.43. The van der Waals surface area contributed by atoms with Crippen molar-refractivity contribution in [2.24, 2.45) is 0 Å². The van der Waals surface area contributed by atoms with Gasteiger partial charge in [0.25, 0.3) is 0 Å². The fourth-order valence-electron chi connectivity index (χ4n) is 5.21. The lowest BCUT2D eigenvalue weighted by Crippen LogP contribution is -2.37. The van der Waals surface area contributed by atoms with Crippen LogP contribution in [0.15, 0.2) is 48.6 Å². The van der Waals surface area contributed by atoms with Gasteiger partial charge < -0.3 is 18.9 Å². The number of ether oxygens (including phenoxy) is 2. The Morgan fingerprint density at radius 3 is 1.73 bits per heavy atom. The number of likely N-dealkylation sites (N-methyl/N-ethyl adjacent to an activating group) is 1. The Morgan fingerprint density at radius 2 is 1.14 bits per heavy atom. The van der Waals surface area contributed by atoms with Crippen LogP contribution in [0.4, 0.5) is 0 Å². The lowest BCUT2D eigenvalue weighted by atomic mass is 10.1. The SMILES string of the molecule is CC/C=C\C/C=C\C/C=C\CCCCCC(=O)OC(COCCCCCCCC/C=C\CCCCCCCC)COP(=O)(O)OCC[N+](C)(C)C. The van der Waals surface area contributed by atoms with E-state index in [9.17, 15) is 14.3 Å². The molecule has 298 valence electrons. The Hall–Kier alpha value is -1.54. The zero-order valence-electron chi connectivity index (χ0n) is 33.6. The van der Waals surface area contributed by atoms with Gasteiger partial charge in [-0.2, -0.15) is 0 Å². The van der Waals surface area contributed by atoms with Crippen molar-refractivity contribution in [3.05, 3.63) is 48.6 Å². The first-order chi connectivity index (χ1) is 24.6. The van der Waals surface area contributed by atoms with E-state index in [-0.39, 0.29) is 25.8 Å². The van der Waals surface area contributed by atoms with Crippen molar-refractivity contribution >= 4 is 13.8 Å². The van der Waals surface area contributed by atoms with Crippen LogP contribution in [0.1, 0.15) is 155 Å². The number of esters is 1. The van der Waals surface area contributed by atoms with Crippen molar-refractivity contribution < 1.29 is 37.3 Å². The number of allylic oxidation sites excluding steroid dienone is 8. The minimum absolute atomic E-state index is 0.0801. The third-order valence-corrected chi connectivity index (χ3v) is 9.36. The second-order valence-electron chi connectivity index (χ2n) is 14.6. The fraction of sp³-hybridized carbons (Fsp3) is 0.786. The normalized spacial score (nSPS) is 14.4. The van der Waals surface area contributed by atoms with Crippen molar-refractivity contribution in [2.75, 3.05) is 54.1 Å². The highest BCUT2D eigenvalue weighted by Gasteiger charge is 2.26. The summed E-state index contributed by atoms with van der Waals surface area (Å²) in [4.78, 5) is 22.8. The van der Waals surface area contributed by atoms with Gasteiger partial charge in [-0.3, -0.25) is 13.8 Å². The minimum atomic E-state index is -4.28. The van der Waals surface area contributed by atoms with Gasteiger partial charge in [-0.15, -0.1) is 0 Å². The molecular weight excluding hydrogens is 661 g/mol. The van der Waals surface area contributed by atoms with E-state index in [1.54, 1.807) is 0 Å². The largest absolute Gasteiger partial charge is 0.472 e. The topological polar surface area (TPSA) is 91.3 Å². The summed E-state index contributed by atoms with van der Waals surface area (Å²) in [5, 5.41) is 0. The van der Waals surface area contributed by atoms with Crippen LogP contribution in [0.5, 0.6) is 0 Å². The van der Waals surface area contributed by atoms with Crippen molar-refractivity contribution in [3.8, 4) is 0 Å². The van der Waals surface area contributed by atoms with E-state index in [0.29, 0.717) is 24.1 Å². The molecule has 0 fully saturated rings. The summed E-state index contributed by atoms with van der Waals surface area (Å²) in [7, 11) is 1.64. The number of carbonyl (C=O) groups excluding carboxylic acids is 1. The lowest BCUT2D eigenvalue weighted by Gasteiger charge is -2.24. The van der Waals surface area contributed by atoms with E-state index in [1.807, 2.05) is 21.1 Å². The second kappa shape index (κ2) is 35.5. The van der Waals surface area contributed by atoms with Crippen molar-refractivity contribution in [3.63, 3.8) is 0 Å². The molecule has 0 aromatic carbocycles. The van der Waals surface area contributed by atoms with Crippen LogP contribution in [-0.2, 0) is 27.9 Å². The Balaban J connectivity index is 4.32. The number of phosphoric ester groups is 1. The molecule has 0 heterocycles. The number of quaternary nitrogens is 1. The predicted octanol–water partition coefficient (Wildman–Crippen LogP) is 11.6. The zero-order valence-corrected chi connectivity index (χ0v) is 34.5. The Morgan fingerprint density at radius 1 is 0.627 bits per heavy atom. The molecule has 0 rings (SSSR count). The third-order valence-electron chi connectivity index (χ3n) is 8.37. The van der Waals surface area contributed by atoms with Crippen LogP contribution in [0.2, 0.25) is 0 Å². The van der Waals surface area contributed by atoms with Crippen LogP contribution < -0.4 is 0 Å². The Labute approximate surface area is 314 Å². The molecule has 2 atom stereocenters. The van der Waals surface area contributed by atoms with Gasteiger partial charge in [0.05, 0.1) is 34.4 Å². The standard InChI is InChI=1S/C42H78NO7P/c1-6-8-10-12-14-16-18-20-21-22-24-26-28-30-32-34-37-47-39-41(40-49-51(45,46)48-38-36-43(3,4)5)50-42(44)35-33-31-29-27-25-23-19-17-15-13-11-9-7-2/h9,11,15,17,20-21,23,25,41H,6-8,10,12-14,16,18-19,22,24,26-40H2,1-5H3/p+1/b11-9-,17-15-,21-20-,25-23-. The van der Waals surface area contributed by atoms with Crippen molar-refractivity contribution in [2.45, 2.75) is 161 Å². The van der Waals surface area contributed by atoms with E-state index in [4.69, 9.17) is 18.5 Å². The van der Waals surface area contributed by atoms with Crippen LogP contribution in [0.25, 0.3) is 0 Å². The van der Waals surface area contributed by atoms with Crippen LogP contribution in [0, 0.1) is 0 Å². The summed E-state index contributed by atoms with van der Waals surface area (Å²) in [6.07, 6.45) is 41.4.